The van der Waals surface area contributed by atoms with Crippen LogP contribution < -0.4 is 15.8 Å². The third-order valence-electron chi connectivity index (χ3n) is 4.61. The molecule has 9 heteroatoms. The summed E-state index contributed by atoms with van der Waals surface area (Å²) in [5, 5.41) is 4.36. The maximum atomic E-state index is 12.3. The Labute approximate surface area is 171 Å². The lowest BCUT2D eigenvalue weighted by atomic mass is 10.1. The molecule has 1 amide bonds. The maximum Gasteiger partial charge on any atom is 0.234 e. The highest BCUT2D eigenvalue weighted by atomic mass is 32.2. The van der Waals surface area contributed by atoms with Crippen molar-refractivity contribution in [1.29, 1.82) is 0 Å². The van der Waals surface area contributed by atoms with Crippen molar-refractivity contribution < 1.29 is 9.53 Å². The van der Waals surface area contributed by atoms with E-state index in [0.717, 1.165) is 29.7 Å². The molecule has 7 nitrogen and oxygen atoms in total. The summed E-state index contributed by atoms with van der Waals surface area (Å²) in [7, 11) is 3.69. The number of nitrogens with one attached hydrogen (secondary N) is 1. The molecule has 0 saturated carbocycles. The molecule has 0 radical (unpaired) electrons. The number of anilines is 2. The summed E-state index contributed by atoms with van der Waals surface area (Å²) in [4.78, 5) is 25.9. The predicted octanol–water partition coefficient (Wildman–Crippen LogP) is 3.00. The number of thioether (sulfide) groups is 1. The molecule has 1 aromatic carbocycles. The van der Waals surface area contributed by atoms with Gasteiger partial charge in [0.15, 0.2) is 5.16 Å². The molecule has 0 spiro atoms. The fraction of sp³-hybridized carbons (Fsp3) is 0.316. The van der Waals surface area contributed by atoms with Crippen molar-refractivity contribution in [3.8, 4) is 5.75 Å². The summed E-state index contributed by atoms with van der Waals surface area (Å²) in [6.45, 7) is 1.93. The van der Waals surface area contributed by atoms with E-state index in [1.54, 1.807) is 30.6 Å². The summed E-state index contributed by atoms with van der Waals surface area (Å²) in [5.41, 5.74) is 8.16. The topological polar surface area (TPSA) is 93.4 Å². The number of methoxy groups -OCH3 is 1. The lowest BCUT2D eigenvalue weighted by Crippen LogP contribution is -2.25. The number of para-hydroxylation sites is 2. The number of hydrogen-bond acceptors (Lipinski definition) is 8. The van der Waals surface area contributed by atoms with Gasteiger partial charge in [0.2, 0.25) is 5.91 Å². The minimum atomic E-state index is -0.149. The Bertz CT molecular complexity index is 1040. The van der Waals surface area contributed by atoms with Crippen LogP contribution in [0.4, 0.5) is 11.5 Å². The molecule has 28 heavy (non-hydrogen) atoms. The number of ether oxygens (including phenoxy) is 1. The van der Waals surface area contributed by atoms with Crippen LogP contribution in [0.25, 0.3) is 10.2 Å². The first-order valence-corrected chi connectivity index (χ1v) is 10.7. The van der Waals surface area contributed by atoms with E-state index in [9.17, 15) is 4.79 Å². The molecule has 146 valence electrons. The van der Waals surface area contributed by atoms with Crippen molar-refractivity contribution in [2.45, 2.75) is 18.1 Å². The van der Waals surface area contributed by atoms with Crippen molar-refractivity contribution in [3.63, 3.8) is 0 Å². The van der Waals surface area contributed by atoms with Gasteiger partial charge in [0.05, 0.1) is 23.9 Å². The fourth-order valence-electron chi connectivity index (χ4n) is 3.26. The van der Waals surface area contributed by atoms with Crippen LogP contribution in [0.3, 0.4) is 0 Å². The Morgan fingerprint density at radius 1 is 1.39 bits per heavy atom. The van der Waals surface area contributed by atoms with Gasteiger partial charge in [0, 0.05) is 18.0 Å². The van der Waals surface area contributed by atoms with Crippen LogP contribution in [-0.2, 0) is 17.8 Å². The highest BCUT2D eigenvalue weighted by molar-refractivity contribution is 7.99. The second-order valence-electron chi connectivity index (χ2n) is 6.60. The van der Waals surface area contributed by atoms with Gasteiger partial charge in [-0.3, -0.25) is 4.79 Å². The number of nitrogens with two attached hydrogens (primary N) is 1. The lowest BCUT2D eigenvalue weighted by Gasteiger charge is -2.22. The average molecular weight is 416 g/mol. The molecule has 0 bridgehead atoms. The van der Waals surface area contributed by atoms with Crippen LogP contribution in [0, 0.1) is 0 Å². The zero-order valence-corrected chi connectivity index (χ0v) is 17.3. The molecule has 1 aliphatic heterocycles. The van der Waals surface area contributed by atoms with Crippen molar-refractivity contribution in [2.75, 3.05) is 37.5 Å². The van der Waals surface area contributed by atoms with Gasteiger partial charge in [-0.1, -0.05) is 23.9 Å². The number of likely N-dealkylation sites (N-methyl/N-ethyl adjacent to an activating group) is 1. The first-order valence-electron chi connectivity index (χ1n) is 8.87. The van der Waals surface area contributed by atoms with Crippen LogP contribution in [-0.4, -0.2) is 47.2 Å². The molecule has 4 rings (SSSR count). The van der Waals surface area contributed by atoms with Gasteiger partial charge in [-0.25, -0.2) is 9.97 Å². The number of carbonyl (C=O) groups is 1. The lowest BCUT2D eigenvalue weighted by molar-refractivity contribution is -0.113. The molecule has 0 unspecified atom stereocenters. The molecule has 0 aliphatic carbocycles. The summed E-state index contributed by atoms with van der Waals surface area (Å²) < 4.78 is 5.26. The van der Waals surface area contributed by atoms with E-state index in [1.165, 1.54) is 22.2 Å². The first kappa shape index (κ1) is 19.0. The smallest absolute Gasteiger partial charge is 0.234 e. The molecule has 1 aliphatic rings. The SMILES string of the molecule is COc1ccccc1NC(=O)CSc1nc(N)c2c3c(sc2n1)CN(C)CC3. The van der Waals surface area contributed by atoms with E-state index in [4.69, 9.17) is 10.5 Å². The van der Waals surface area contributed by atoms with Crippen molar-refractivity contribution in [1.82, 2.24) is 14.9 Å². The van der Waals surface area contributed by atoms with Gasteiger partial charge in [0.1, 0.15) is 16.4 Å². The normalized spacial score (nSPS) is 14.1. The second-order valence-corrected chi connectivity index (χ2v) is 8.63. The minimum Gasteiger partial charge on any atom is -0.495 e. The van der Waals surface area contributed by atoms with E-state index in [-0.39, 0.29) is 11.7 Å². The molecule has 0 atom stereocenters. The number of amides is 1. The summed E-state index contributed by atoms with van der Waals surface area (Å²) in [5.74, 6) is 1.16. The van der Waals surface area contributed by atoms with Crippen molar-refractivity contribution in [2.24, 2.45) is 0 Å². The molecule has 3 N–H and O–H groups in total. The number of aromatic nitrogens is 2. The van der Waals surface area contributed by atoms with Crippen LogP contribution in [0.2, 0.25) is 0 Å². The van der Waals surface area contributed by atoms with Crippen LogP contribution in [0.1, 0.15) is 10.4 Å². The number of nitrogen functional groups attached to an aromatic ring is 1. The van der Waals surface area contributed by atoms with E-state index in [1.807, 2.05) is 12.1 Å². The van der Waals surface area contributed by atoms with Crippen LogP contribution in [0.15, 0.2) is 29.4 Å². The third-order valence-corrected chi connectivity index (χ3v) is 6.57. The van der Waals surface area contributed by atoms with Crippen LogP contribution >= 0.6 is 23.1 Å². The summed E-state index contributed by atoms with van der Waals surface area (Å²) in [6.07, 6.45) is 0.965. The number of fused-ring (bicyclic) bond motifs is 3. The Kier molecular flexibility index (Phi) is 5.38. The molecule has 3 aromatic rings. The molecule has 0 saturated heterocycles. The van der Waals surface area contributed by atoms with E-state index in [0.29, 0.717) is 22.4 Å². The van der Waals surface area contributed by atoms with Gasteiger partial charge in [-0.05, 0) is 31.2 Å². The molecule has 0 fully saturated rings. The standard InChI is InChI=1S/C19H21N5O2S2/c1-24-8-7-11-14(9-24)28-18-16(11)17(20)22-19(23-18)27-10-15(25)21-12-5-3-4-6-13(12)26-2/h3-6H,7-10H2,1-2H3,(H,21,25)(H2,20,22,23). The molecular weight excluding hydrogens is 394 g/mol. The predicted molar refractivity (Wildman–Crippen MR) is 114 cm³/mol. The highest BCUT2D eigenvalue weighted by Crippen LogP contribution is 2.37. The zero-order chi connectivity index (χ0) is 19.7. The second kappa shape index (κ2) is 7.94. The zero-order valence-electron chi connectivity index (χ0n) is 15.7. The maximum absolute atomic E-state index is 12.3. The number of rotatable bonds is 5. The summed E-state index contributed by atoms with van der Waals surface area (Å²) in [6, 6.07) is 7.30. The quantitative estimate of drug-likeness (QED) is 0.489. The van der Waals surface area contributed by atoms with Gasteiger partial charge in [0.25, 0.3) is 0 Å². The van der Waals surface area contributed by atoms with E-state index < -0.39 is 0 Å². The molecule has 2 aromatic heterocycles. The van der Waals surface area contributed by atoms with Gasteiger partial charge >= 0.3 is 0 Å². The Morgan fingerprint density at radius 2 is 2.21 bits per heavy atom. The van der Waals surface area contributed by atoms with Gasteiger partial charge < -0.3 is 20.7 Å². The monoisotopic (exact) mass is 415 g/mol. The van der Waals surface area contributed by atoms with E-state index in [2.05, 4.69) is 27.2 Å². The van der Waals surface area contributed by atoms with Gasteiger partial charge in [-0.15, -0.1) is 11.3 Å². The number of hydrogen-bond donors (Lipinski definition) is 2. The number of carbonyl (C=O) groups excluding carboxylic acids is 1. The number of thiophene rings is 1. The average Bonchev–Trinajstić information content (AvgIpc) is 3.04. The number of benzene rings is 1. The Balaban J connectivity index is 1.48. The largest absolute Gasteiger partial charge is 0.495 e. The third kappa shape index (κ3) is 3.78. The molecular formula is C19H21N5O2S2. The van der Waals surface area contributed by atoms with Crippen molar-refractivity contribution in [3.05, 3.63) is 34.7 Å². The Morgan fingerprint density at radius 3 is 3.04 bits per heavy atom. The van der Waals surface area contributed by atoms with E-state index >= 15 is 0 Å². The van der Waals surface area contributed by atoms with Crippen molar-refractivity contribution >= 4 is 50.7 Å². The highest BCUT2D eigenvalue weighted by Gasteiger charge is 2.22. The number of nitrogens with zero attached hydrogens (tertiary/aromatic N) is 3. The minimum absolute atomic E-state index is 0.149. The van der Waals surface area contributed by atoms with Crippen LogP contribution in [0.5, 0.6) is 5.75 Å². The molecule has 3 heterocycles. The summed E-state index contributed by atoms with van der Waals surface area (Å²) >= 11 is 2.95. The van der Waals surface area contributed by atoms with Gasteiger partial charge in [-0.2, -0.15) is 0 Å². The Hall–Kier alpha value is -2.36. The first-order chi connectivity index (χ1) is 13.5. The fourth-order valence-corrected chi connectivity index (χ4v) is 5.28.